The van der Waals surface area contributed by atoms with E-state index >= 15 is 0 Å². The van der Waals surface area contributed by atoms with Gasteiger partial charge in [-0.3, -0.25) is 4.57 Å². The van der Waals surface area contributed by atoms with Gasteiger partial charge in [0.15, 0.2) is 0 Å². The standard InChI is InChI=1S/C42H39N3O2/c1-26-20-35-37(45-39-32(33-17-11-19-43-40(33)45)16-10-18-34(39)42(35,2)3)24-38(26)47-31-22-29(27-12-6-4-7-13-27)21-30(23-31)41-44-36(25-46-41)28-14-8-5-9-15-28/h4,6-7,10-13,16-24,28,36H,5,8-9,14-15,25H2,1-3H3/t36-/m0/s1. The molecule has 4 heterocycles. The minimum Gasteiger partial charge on any atom is -0.475 e. The quantitative estimate of drug-likeness (QED) is 0.193. The van der Waals surface area contributed by atoms with Gasteiger partial charge in [-0.25, -0.2) is 9.98 Å². The highest BCUT2D eigenvalue weighted by molar-refractivity contribution is 6.10. The molecule has 3 aliphatic rings. The van der Waals surface area contributed by atoms with Crippen molar-refractivity contribution in [2.45, 2.75) is 64.3 Å². The van der Waals surface area contributed by atoms with Crippen LogP contribution in [0.5, 0.6) is 11.5 Å². The molecular weight excluding hydrogens is 578 g/mol. The molecule has 1 saturated carbocycles. The van der Waals surface area contributed by atoms with Gasteiger partial charge in [-0.15, -0.1) is 0 Å². The predicted octanol–water partition coefficient (Wildman–Crippen LogP) is 10.3. The van der Waals surface area contributed by atoms with E-state index in [4.69, 9.17) is 19.5 Å². The van der Waals surface area contributed by atoms with Crippen LogP contribution in [0.3, 0.4) is 0 Å². The number of fused-ring (bicyclic) bond motifs is 5. The summed E-state index contributed by atoms with van der Waals surface area (Å²) in [6.45, 7) is 7.47. The summed E-state index contributed by atoms with van der Waals surface area (Å²) >= 11 is 0. The second-order valence-electron chi connectivity index (χ2n) is 14.1. The molecule has 2 aliphatic heterocycles. The molecule has 0 spiro atoms. The Bertz CT molecular complexity index is 2210. The van der Waals surface area contributed by atoms with Gasteiger partial charge in [0.05, 0.1) is 17.2 Å². The molecule has 9 rings (SSSR count). The molecule has 1 aliphatic carbocycles. The van der Waals surface area contributed by atoms with Gasteiger partial charge in [0.2, 0.25) is 5.90 Å². The first-order valence-electron chi connectivity index (χ1n) is 17.1. The summed E-state index contributed by atoms with van der Waals surface area (Å²) in [7, 11) is 0. The zero-order valence-corrected chi connectivity index (χ0v) is 27.3. The molecule has 0 N–H and O–H groups in total. The number of para-hydroxylation sites is 1. The third-order valence-corrected chi connectivity index (χ3v) is 10.8. The molecule has 0 bridgehead atoms. The largest absolute Gasteiger partial charge is 0.475 e. The first-order valence-corrected chi connectivity index (χ1v) is 17.1. The van der Waals surface area contributed by atoms with Gasteiger partial charge in [0, 0.05) is 34.0 Å². The first kappa shape index (κ1) is 28.3. The SMILES string of the molecule is Cc1cc2c(cc1Oc1cc(C3=N[C@H](C4CCCCC4)CO3)cc(-c3ccccc3)c1)-n1c3ncccc3c3cccc(c31)C2(C)C. The van der Waals surface area contributed by atoms with Crippen LogP contribution in [-0.4, -0.2) is 28.1 Å². The Balaban J connectivity index is 1.17. The van der Waals surface area contributed by atoms with Gasteiger partial charge in [-0.05, 0) is 89.9 Å². The van der Waals surface area contributed by atoms with Crippen molar-refractivity contribution in [3.8, 4) is 28.3 Å². The molecule has 1 atom stereocenters. The van der Waals surface area contributed by atoms with Crippen molar-refractivity contribution in [2.75, 3.05) is 6.61 Å². The van der Waals surface area contributed by atoms with Crippen molar-refractivity contribution >= 4 is 27.8 Å². The maximum atomic E-state index is 6.88. The summed E-state index contributed by atoms with van der Waals surface area (Å²) in [5.74, 6) is 2.95. The van der Waals surface area contributed by atoms with Crippen molar-refractivity contribution in [3.63, 3.8) is 0 Å². The Kier molecular flexibility index (Phi) is 6.53. The molecule has 6 aromatic rings. The van der Waals surface area contributed by atoms with Gasteiger partial charge in [-0.2, -0.15) is 0 Å². The van der Waals surface area contributed by atoms with Crippen LogP contribution in [0, 0.1) is 12.8 Å². The summed E-state index contributed by atoms with van der Waals surface area (Å²) in [5, 5.41) is 2.40. The lowest BCUT2D eigenvalue weighted by Gasteiger charge is -2.35. The van der Waals surface area contributed by atoms with Gasteiger partial charge < -0.3 is 9.47 Å². The molecule has 1 fully saturated rings. The van der Waals surface area contributed by atoms with E-state index in [1.54, 1.807) is 0 Å². The third-order valence-electron chi connectivity index (χ3n) is 10.8. The normalized spacial score (nSPS) is 18.6. The number of ether oxygens (including phenoxy) is 2. The van der Waals surface area contributed by atoms with Gasteiger partial charge in [0.1, 0.15) is 23.8 Å². The molecular formula is C42H39N3O2. The van der Waals surface area contributed by atoms with E-state index in [0.29, 0.717) is 12.5 Å². The predicted molar refractivity (Wildman–Crippen MR) is 190 cm³/mol. The summed E-state index contributed by atoms with van der Waals surface area (Å²) < 4.78 is 15.5. The zero-order valence-electron chi connectivity index (χ0n) is 27.3. The second-order valence-corrected chi connectivity index (χ2v) is 14.1. The smallest absolute Gasteiger partial charge is 0.216 e. The van der Waals surface area contributed by atoms with Gasteiger partial charge in [-0.1, -0.05) is 81.6 Å². The molecule has 5 nitrogen and oxygen atoms in total. The number of aromatic nitrogens is 2. The second kappa shape index (κ2) is 10.8. The summed E-state index contributed by atoms with van der Waals surface area (Å²) in [6, 6.07) is 32.6. The average Bonchev–Trinajstić information content (AvgIpc) is 3.73. The maximum absolute atomic E-state index is 6.88. The highest BCUT2D eigenvalue weighted by atomic mass is 16.5. The van der Waals surface area contributed by atoms with Crippen LogP contribution in [0.2, 0.25) is 0 Å². The lowest BCUT2D eigenvalue weighted by Crippen LogP contribution is -2.26. The van der Waals surface area contributed by atoms with Crippen LogP contribution in [0.4, 0.5) is 0 Å². The minimum absolute atomic E-state index is 0.185. The monoisotopic (exact) mass is 617 g/mol. The van der Waals surface area contributed by atoms with E-state index in [-0.39, 0.29) is 11.5 Å². The van der Waals surface area contributed by atoms with Gasteiger partial charge in [0.25, 0.3) is 0 Å². The van der Waals surface area contributed by atoms with E-state index in [9.17, 15) is 0 Å². The number of benzene rings is 4. The van der Waals surface area contributed by atoms with Gasteiger partial charge >= 0.3 is 0 Å². The molecule has 0 unspecified atom stereocenters. The zero-order chi connectivity index (χ0) is 31.7. The maximum Gasteiger partial charge on any atom is 0.216 e. The summed E-state index contributed by atoms with van der Waals surface area (Å²) in [5.41, 5.74) is 9.99. The highest BCUT2D eigenvalue weighted by Crippen LogP contribution is 2.49. The fourth-order valence-electron chi connectivity index (χ4n) is 8.26. The summed E-state index contributed by atoms with van der Waals surface area (Å²) in [4.78, 5) is 10.0. The van der Waals surface area contributed by atoms with Crippen molar-refractivity contribution in [2.24, 2.45) is 10.9 Å². The van der Waals surface area contributed by atoms with E-state index in [0.717, 1.165) is 51.0 Å². The van der Waals surface area contributed by atoms with E-state index < -0.39 is 0 Å². The first-order chi connectivity index (χ1) is 23.0. The number of aliphatic imine (C=N–C) groups is 1. The van der Waals surface area contributed by atoms with Crippen molar-refractivity contribution in [1.82, 2.24) is 9.55 Å². The van der Waals surface area contributed by atoms with E-state index in [1.807, 2.05) is 12.3 Å². The van der Waals surface area contributed by atoms with E-state index in [1.165, 1.54) is 59.5 Å². The number of aryl methyl sites for hydroxylation is 1. The molecule has 4 aromatic carbocycles. The molecule has 0 amide bonds. The number of rotatable bonds is 5. The van der Waals surface area contributed by atoms with Crippen LogP contribution < -0.4 is 4.74 Å². The average molecular weight is 618 g/mol. The molecule has 0 saturated heterocycles. The Labute approximate surface area is 275 Å². The lowest BCUT2D eigenvalue weighted by molar-refractivity contribution is 0.240. The van der Waals surface area contributed by atoms with Crippen molar-refractivity contribution in [1.29, 1.82) is 0 Å². The number of hydrogen-bond acceptors (Lipinski definition) is 4. The third kappa shape index (κ3) is 4.58. The Morgan fingerprint density at radius 1 is 0.787 bits per heavy atom. The lowest BCUT2D eigenvalue weighted by atomic mass is 9.74. The Hall–Kier alpha value is -4.90. The Morgan fingerprint density at radius 3 is 2.45 bits per heavy atom. The van der Waals surface area contributed by atoms with Crippen LogP contribution in [-0.2, 0) is 10.2 Å². The van der Waals surface area contributed by atoms with Crippen molar-refractivity contribution < 1.29 is 9.47 Å². The molecule has 234 valence electrons. The number of pyridine rings is 1. The Morgan fingerprint density at radius 2 is 1.60 bits per heavy atom. The topological polar surface area (TPSA) is 48.6 Å². The fourth-order valence-corrected chi connectivity index (χ4v) is 8.26. The fraction of sp³-hybridized carbons (Fsp3) is 0.286. The highest BCUT2D eigenvalue weighted by Gasteiger charge is 2.36. The molecule has 5 heteroatoms. The number of nitrogens with zero attached hydrogens (tertiary/aromatic N) is 3. The minimum atomic E-state index is -0.185. The van der Waals surface area contributed by atoms with Crippen LogP contribution >= 0.6 is 0 Å². The van der Waals surface area contributed by atoms with Crippen LogP contribution in [0.1, 0.15) is 68.2 Å². The molecule has 0 radical (unpaired) electrons. The van der Waals surface area contributed by atoms with Crippen LogP contribution in [0.25, 0.3) is 38.8 Å². The van der Waals surface area contributed by atoms with Crippen molar-refractivity contribution in [3.05, 3.63) is 119 Å². The summed E-state index contributed by atoms with van der Waals surface area (Å²) in [6.07, 6.45) is 8.34. The number of hydrogen-bond donors (Lipinski definition) is 0. The van der Waals surface area contributed by atoms with E-state index in [2.05, 4.69) is 110 Å². The molecule has 2 aromatic heterocycles. The molecule has 47 heavy (non-hydrogen) atoms. The van der Waals surface area contributed by atoms with Crippen LogP contribution in [0.15, 0.2) is 102 Å².